The Morgan fingerprint density at radius 2 is 2.13 bits per heavy atom. The van der Waals surface area contributed by atoms with Crippen LogP contribution in [0.15, 0.2) is 23.3 Å². The second-order valence-electron chi connectivity index (χ2n) is 5.11. The highest BCUT2D eigenvalue weighted by Gasteiger charge is 2.39. The van der Waals surface area contributed by atoms with Gasteiger partial charge in [0.05, 0.1) is 0 Å². The molecule has 3 aliphatic carbocycles. The number of fused-ring (bicyclic) bond motifs is 1. The predicted octanol–water partition coefficient (Wildman–Crippen LogP) is 2.87. The highest BCUT2D eigenvalue weighted by Crippen LogP contribution is 2.46. The lowest BCUT2D eigenvalue weighted by atomic mass is 9.63. The van der Waals surface area contributed by atoms with E-state index >= 15 is 0 Å². The largest absolute Gasteiger partial charge is 0.478 e. The molecule has 0 spiro atoms. The highest BCUT2D eigenvalue weighted by atomic mass is 16.4. The number of rotatable bonds is 2. The second-order valence-corrected chi connectivity index (χ2v) is 5.11. The minimum absolute atomic E-state index is 0.146. The van der Waals surface area contributed by atoms with Gasteiger partial charge in [-0.15, -0.1) is 0 Å². The summed E-state index contributed by atoms with van der Waals surface area (Å²) in [6.07, 6.45) is 5.25. The summed E-state index contributed by atoms with van der Waals surface area (Å²) in [5, 5.41) is 9.15. The van der Waals surface area contributed by atoms with Gasteiger partial charge in [-0.2, -0.15) is 0 Å². The molecule has 0 aromatic carbocycles. The first-order chi connectivity index (χ1) is 7.00. The SMILES string of the molecule is CC1=CC2C(C(=O)O)=CC1CC2C(C)C. The first-order valence-corrected chi connectivity index (χ1v) is 5.64. The van der Waals surface area contributed by atoms with Crippen molar-refractivity contribution in [2.75, 3.05) is 0 Å². The van der Waals surface area contributed by atoms with E-state index in [9.17, 15) is 4.79 Å². The van der Waals surface area contributed by atoms with Crippen LogP contribution in [0.2, 0.25) is 0 Å². The molecule has 0 saturated heterocycles. The molecule has 0 aromatic rings. The lowest BCUT2D eigenvalue weighted by Gasteiger charge is -2.41. The quantitative estimate of drug-likeness (QED) is 0.705. The van der Waals surface area contributed by atoms with Crippen LogP contribution in [0.4, 0.5) is 0 Å². The first kappa shape index (κ1) is 10.5. The van der Waals surface area contributed by atoms with Gasteiger partial charge in [-0.3, -0.25) is 0 Å². The van der Waals surface area contributed by atoms with E-state index in [-0.39, 0.29) is 5.92 Å². The fraction of sp³-hybridized carbons (Fsp3) is 0.615. The van der Waals surface area contributed by atoms with Crippen molar-refractivity contribution < 1.29 is 9.90 Å². The van der Waals surface area contributed by atoms with Gasteiger partial charge in [0, 0.05) is 11.5 Å². The zero-order chi connectivity index (χ0) is 11.2. The maximum atomic E-state index is 11.1. The Hall–Kier alpha value is -1.05. The van der Waals surface area contributed by atoms with Crippen molar-refractivity contribution in [3.8, 4) is 0 Å². The van der Waals surface area contributed by atoms with E-state index in [1.54, 1.807) is 0 Å². The topological polar surface area (TPSA) is 37.3 Å². The molecule has 3 unspecified atom stereocenters. The van der Waals surface area contributed by atoms with Crippen molar-refractivity contribution in [2.24, 2.45) is 23.7 Å². The number of carboxylic acid groups (broad SMARTS) is 1. The van der Waals surface area contributed by atoms with E-state index in [1.165, 1.54) is 5.57 Å². The van der Waals surface area contributed by atoms with Gasteiger partial charge in [-0.1, -0.05) is 31.6 Å². The fourth-order valence-electron chi connectivity index (χ4n) is 2.90. The third-order valence-electron chi connectivity index (χ3n) is 3.86. The van der Waals surface area contributed by atoms with Gasteiger partial charge in [-0.05, 0) is 31.1 Å². The van der Waals surface area contributed by atoms with Crippen LogP contribution in [0.25, 0.3) is 0 Å². The van der Waals surface area contributed by atoms with Gasteiger partial charge in [-0.25, -0.2) is 4.79 Å². The van der Waals surface area contributed by atoms with Crippen LogP contribution in [0.1, 0.15) is 27.2 Å². The second kappa shape index (κ2) is 3.51. The van der Waals surface area contributed by atoms with Gasteiger partial charge < -0.3 is 5.11 Å². The summed E-state index contributed by atoms with van der Waals surface area (Å²) < 4.78 is 0. The van der Waals surface area contributed by atoms with E-state index < -0.39 is 5.97 Å². The zero-order valence-corrected chi connectivity index (χ0v) is 9.53. The van der Waals surface area contributed by atoms with Crippen molar-refractivity contribution in [3.05, 3.63) is 23.3 Å². The van der Waals surface area contributed by atoms with E-state index in [0.717, 1.165) is 6.42 Å². The van der Waals surface area contributed by atoms with Crippen LogP contribution in [0.3, 0.4) is 0 Å². The number of carbonyl (C=O) groups is 1. The standard InChI is InChI=1S/C13H18O2/c1-7(2)10-5-9-6-12(13(14)15)11(10)4-8(9)3/h4,6-7,9-11H,5H2,1-3H3,(H,14,15). The van der Waals surface area contributed by atoms with Crippen LogP contribution in [-0.4, -0.2) is 11.1 Å². The van der Waals surface area contributed by atoms with Crippen LogP contribution >= 0.6 is 0 Å². The molecule has 0 aromatic heterocycles. The molecule has 15 heavy (non-hydrogen) atoms. The Kier molecular flexibility index (Phi) is 2.45. The molecule has 82 valence electrons. The van der Waals surface area contributed by atoms with Crippen molar-refractivity contribution in [3.63, 3.8) is 0 Å². The molecule has 0 amide bonds. The molecule has 0 aliphatic heterocycles. The molecule has 3 atom stereocenters. The number of hydrogen-bond acceptors (Lipinski definition) is 1. The number of hydrogen-bond donors (Lipinski definition) is 1. The minimum atomic E-state index is -0.737. The fourth-order valence-corrected chi connectivity index (χ4v) is 2.90. The molecule has 1 N–H and O–H groups in total. The number of allylic oxidation sites excluding steroid dienone is 3. The molecule has 2 nitrogen and oxygen atoms in total. The third-order valence-corrected chi connectivity index (χ3v) is 3.86. The molecule has 0 saturated carbocycles. The molecule has 0 fully saturated rings. The van der Waals surface area contributed by atoms with E-state index in [0.29, 0.717) is 23.3 Å². The Balaban J connectivity index is 2.35. The van der Waals surface area contributed by atoms with E-state index in [2.05, 4.69) is 26.8 Å². The number of carboxylic acids is 1. The smallest absolute Gasteiger partial charge is 0.331 e. The third kappa shape index (κ3) is 1.62. The summed E-state index contributed by atoms with van der Waals surface area (Å²) in [7, 11) is 0. The summed E-state index contributed by atoms with van der Waals surface area (Å²) in [6.45, 7) is 6.49. The maximum Gasteiger partial charge on any atom is 0.331 e. The Labute approximate surface area is 90.7 Å². The lowest BCUT2D eigenvalue weighted by molar-refractivity contribution is -0.133. The van der Waals surface area contributed by atoms with Crippen LogP contribution in [0, 0.1) is 23.7 Å². The van der Waals surface area contributed by atoms with Gasteiger partial charge in [0.1, 0.15) is 0 Å². The van der Waals surface area contributed by atoms with Crippen LogP contribution < -0.4 is 0 Å². The van der Waals surface area contributed by atoms with Crippen molar-refractivity contribution in [2.45, 2.75) is 27.2 Å². The molecule has 3 aliphatic rings. The van der Waals surface area contributed by atoms with E-state index in [4.69, 9.17) is 5.11 Å². The molecule has 0 heterocycles. The van der Waals surface area contributed by atoms with Gasteiger partial charge >= 0.3 is 5.97 Å². The molecule has 2 bridgehead atoms. The summed E-state index contributed by atoms with van der Waals surface area (Å²) in [4.78, 5) is 11.1. The van der Waals surface area contributed by atoms with Crippen LogP contribution in [-0.2, 0) is 4.79 Å². The van der Waals surface area contributed by atoms with Crippen molar-refractivity contribution >= 4 is 5.97 Å². The maximum absolute atomic E-state index is 11.1. The van der Waals surface area contributed by atoms with Crippen molar-refractivity contribution in [1.82, 2.24) is 0 Å². The summed E-state index contributed by atoms with van der Waals surface area (Å²) in [6, 6.07) is 0. The normalized spacial score (nSPS) is 34.0. The Bertz CT molecular complexity index is 350. The molecular weight excluding hydrogens is 188 g/mol. The zero-order valence-electron chi connectivity index (χ0n) is 9.53. The average Bonchev–Trinajstić information content (AvgIpc) is 2.17. The van der Waals surface area contributed by atoms with Gasteiger partial charge in [0.15, 0.2) is 0 Å². The van der Waals surface area contributed by atoms with E-state index in [1.807, 2.05) is 6.08 Å². The minimum Gasteiger partial charge on any atom is -0.478 e. The predicted molar refractivity (Wildman–Crippen MR) is 59.4 cm³/mol. The Morgan fingerprint density at radius 3 is 2.60 bits per heavy atom. The number of aliphatic carboxylic acids is 1. The van der Waals surface area contributed by atoms with Crippen LogP contribution in [0.5, 0.6) is 0 Å². The summed E-state index contributed by atoms with van der Waals surface area (Å²) in [5.41, 5.74) is 1.97. The highest BCUT2D eigenvalue weighted by molar-refractivity contribution is 5.88. The van der Waals surface area contributed by atoms with Gasteiger partial charge in [0.2, 0.25) is 0 Å². The summed E-state index contributed by atoms with van der Waals surface area (Å²) in [5.74, 6) is 0.847. The summed E-state index contributed by atoms with van der Waals surface area (Å²) >= 11 is 0. The average molecular weight is 206 g/mol. The molecule has 3 rings (SSSR count). The lowest BCUT2D eigenvalue weighted by Crippen LogP contribution is -2.34. The molecule has 0 radical (unpaired) electrons. The van der Waals surface area contributed by atoms with Crippen molar-refractivity contribution in [1.29, 1.82) is 0 Å². The Morgan fingerprint density at radius 1 is 1.47 bits per heavy atom. The van der Waals surface area contributed by atoms with Gasteiger partial charge in [0.25, 0.3) is 0 Å². The molecule has 2 heteroatoms. The monoisotopic (exact) mass is 206 g/mol. The first-order valence-electron chi connectivity index (χ1n) is 5.64. The molecular formula is C13H18O2.